The van der Waals surface area contributed by atoms with Crippen molar-refractivity contribution < 1.29 is 14.3 Å². The maximum atomic E-state index is 12.9. The average Bonchev–Trinajstić information content (AvgIpc) is 3.43. The second kappa shape index (κ2) is 8.11. The number of ketones is 1. The van der Waals surface area contributed by atoms with Crippen molar-refractivity contribution in [3.8, 4) is 5.75 Å². The highest BCUT2D eigenvalue weighted by molar-refractivity contribution is 6.07. The van der Waals surface area contributed by atoms with E-state index in [4.69, 9.17) is 4.74 Å². The van der Waals surface area contributed by atoms with E-state index < -0.39 is 6.04 Å². The van der Waals surface area contributed by atoms with Gasteiger partial charge in [-0.2, -0.15) is 5.10 Å². The highest BCUT2D eigenvalue weighted by Crippen LogP contribution is 2.30. The maximum absolute atomic E-state index is 12.9. The van der Waals surface area contributed by atoms with Crippen LogP contribution in [-0.2, 0) is 4.79 Å². The number of rotatable bonds is 9. The topological polar surface area (TPSA) is 73.2 Å². The molecule has 146 valence electrons. The van der Waals surface area contributed by atoms with Crippen molar-refractivity contribution in [3.63, 3.8) is 0 Å². The minimum absolute atomic E-state index is 0.0162. The van der Waals surface area contributed by atoms with Gasteiger partial charge in [0.05, 0.1) is 12.6 Å². The lowest BCUT2D eigenvalue weighted by Crippen LogP contribution is -2.34. The molecule has 1 unspecified atom stereocenters. The summed E-state index contributed by atoms with van der Waals surface area (Å²) in [6.45, 7) is 6.50. The van der Waals surface area contributed by atoms with Gasteiger partial charge in [0.2, 0.25) is 5.91 Å². The first-order valence-corrected chi connectivity index (χ1v) is 9.84. The monoisotopic (exact) mass is 371 g/mol. The summed E-state index contributed by atoms with van der Waals surface area (Å²) < 4.78 is 7.08. The Kier molecular flexibility index (Phi) is 5.82. The second-order valence-electron chi connectivity index (χ2n) is 7.69. The lowest BCUT2D eigenvalue weighted by Gasteiger charge is -2.18. The Bertz CT molecular complexity index is 837. The number of Topliss-reactive ketones (excluding diaryl/α,β-unsaturated/α-hetero) is 1. The number of nitrogens with zero attached hydrogens (tertiary/aromatic N) is 2. The molecule has 1 fully saturated rings. The zero-order chi connectivity index (χ0) is 19.6. The fraction of sp³-hybridized carbons (Fsp3) is 0.571. The maximum Gasteiger partial charge on any atom is 0.244 e. The van der Waals surface area contributed by atoms with E-state index in [1.54, 1.807) is 11.8 Å². The highest BCUT2D eigenvalue weighted by Gasteiger charge is 2.29. The van der Waals surface area contributed by atoms with Crippen LogP contribution in [0.25, 0.3) is 10.9 Å². The van der Waals surface area contributed by atoms with E-state index in [2.05, 4.69) is 10.4 Å². The summed E-state index contributed by atoms with van der Waals surface area (Å²) in [6, 6.07) is 5.11. The minimum Gasteiger partial charge on any atom is -0.497 e. The van der Waals surface area contributed by atoms with Crippen molar-refractivity contribution in [2.75, 3.05) is 13.7 Å². The summed E-state index contributed by atoms with van der Waals surface area (Å²) in [5.41, 5.74) is 1.19. The molecule has 0 saturated heterocycles. The van der Waals surface area contributed by atoms with Gasteiger partial charge >= 0.3 is 0 Å². The molecule has 6 nitrogen and oxygen atoms in total. The Hall–Kier alpha value is -2.37. The van der Waals surface area contributed by atoms with Crippen LogP contribution < -0.4 is 10.1 Å². The van der Waals surface area contributed by atoms with Crippen molar-refractivity contribution in [2.45, 2.75) is 52.5 Å². The quantitative estimate of drug-likeness (QED) is 0.681. The van der Waals surface area contributed by atoms with Crippen LogP contribution >= 0.6 is 0 Å². The number of hydrogen-bond acceptors (Lipinski definition) is 4. The molecule has 1 aromatic carbocycles. The van der Waals surface area contributed by atoms with Crippen molar-refractivity contribution in [1.82, 2.24) is 15.1 Å². The number of carbonyl (C=O) groups is 2. The molecule has 27 heavy (non-hydrogen) atoms. The molecular weight excluding hydrogens is 342 g/mol. The fourth-order valence-electron chi connectivity index (χ4n) is 3.26. The van der Waals surface area contributed by atoms with E-state index in [1.165, 1.54) is 12.8 Å². The first-order chi connectivity index (χ1) is 13.0. The molecule has 0 aliphatic heterocycles. The molecule has 0 radical (unpaired) electrons. The van der Waals surface area contributed by atoms with Gasteiger partial charge in [-0.25, -0.2) is 0 Å². The molecule has 6 heteroatoms. The molecule has 1 amide bonds. The largest absolute Gasteiger partial charge is 0.497 e. The lowest BCUT2D eigenvalue weighted by atomic mass is 10.0. The zero-order valence-electron chi connectivity index (χ0n) is 16.6. The number of hydrogen-bond donors (Lipinski definition) is 1. The first-order valence-electron chi connectivity index (χ1n) is 9.84. The van der Waals surface area contributed by atoms with Crippen LogP contribution in [0.2, 0.25) is 0 Å². The molecule has 0 bridgehead atoms. The zero-order valence-corrected chi connectivity index (χ0v) is 16.6. The summed E-state index contributed by atoms with van der Waals surface area (Å²) in [4.78, 5) is 25.6. The lowest BCUT2D eigenvalue weighted by molar-refractivity contribution is -0.124. The Balaban J connectivity index is 2.05. The molecule has 1 aliphatic rings. The van der Waals surface area contributed by atoms with Crippen molar-refractivity contribution >= 4 is 22.6 Å². The number of nitrogens with one attached hydrogen (secondary N) is 1. The Morgan fingerprint density at radius 2 is 2.07 bits per heavy atom. The molecule has 2 aromatic rings. The van der Waals surface area contributed by atoms with Gasteiger partial charge in [-0.1, -0.05) is 27.2 Å². The van der Waals surface area contributed by atoms with E-state index in [0.29, 0.717) is 23.8 Å². The Morgan fingerprint density at radius 3 is 2.67 bits per heavy atom. The number of amides is 1. The fourth-order valence-corrected chi connectivity index (χ4v) is 3.26. The summed E-state index contributed by atoms with van der Waals surface area (Å²) in [5.74, 6) is 1.09. The summed E-state index contributed by atoms with van der Waals surface area (Å²) in [5, 5.41) is 8.46. The van der Waals surface area contributed by atoms with Gasteiger partial charge in [0, 0.05) is 23.9 Å². The molecule has 1 heterocycles. The molecule has 1 saturated carbocycles. The van der Waals surface area contributed by atoms with Gasteiger partial charge < -0.3 is 10.1 Å². The number of methoxy groups -OCH3 is 1. The van der Waals surface area contributed by atoms with Gasteiger partial charge in [0.1, 0.15) is 17.5 Å². The van der Waals surface area contributed by atoms with Gasteiger partial charge in [-0.05, 0) is 37.3 Å². The molecule has 0 spiro atoms. The van der Waals surface area contributed by atoms with Crippen LogP contribution in [0, 0.1) is 11.8 Å². The molecule has 1 atom stereocenters. The molecule has 3 rings (SSSR count). The molecule has 1 N–H and O–H groups in total. The Morgan fingerprint density at radius 1 is 1.33 bits per heavy atom. The third kappa shape index (κ3) is 4.15. The third-order valence-electron chi connectivity index (χ3n) is 5.09. The van der Waals surface area contributed by atoms with E-state index in [-0.39, 0.29) is 17.6 Å². The number of fused-ring (bicyclic) bond motifs is 1. The second-order valence-corrected chi connectivity index (χ2v) is 7.69. The molecular formula is C21H29N3O3. The highest BCUT2D eigenvalue weighted by atomic mass is 16.5. The van der Waals surface area contributed by atoms with E-state index >= 15 is 0 Å². The number of aromatic nitrogens is 2. The predicted octanol–water partition coefficient (Wildman–Crippen LogP) is 3.75. The van der Waals surface area contributed by atoms with Crippen LogP contribution in [0.5, 0.6) is 5.75 Å². The van der Waals surface area contributed by atoms with E-state index in [0.717, 1.165) is 23.9 Å². The average molecular weight is 371 g/mol. The summed E-state index contributed by atoms with van der Waals surface area (Å²) in [7, 11) is 1.61. The van der Waals surface area contributed by atoms with Crippen LogP contribution in [0.4, 0.5) is 0 Å². The van der Waals surface area contributed by atoms with E-state index in [1.807, 2.05) is 39.0 Å². The standard InChI is InChI=1S/C21H29N3O3/c1-5-6-17(21(26)22-12-14-7-8-14)24-18-11-15(27-4)9-10-16(18)19(23-24)20(25)13(2)3/h9-11,13-14,17H,5-8,12H2,1-4H3,(H,22,26). The number of ether oxygens (including phenoxy) is 1. The van der Waals surface area contributed by atoms with Crippen molar-refractivity contribution in [2.24, 2.45) is 11.8 Å². The van der Waals surface area contributed by atoms with E-state index in [9.17, 15) is 9.59 Å². The SMILES string of the molecule is CCCC(C(=O)NCC1CC1)n1nc(C(=O)C(C)C)c2ccc(OC)cc21. The van der Waals surface area contributed by atoms with Gasteiger partial charge in [0.25, 0.3) is 0 Å². The number of carbonyl (C=O) groups excluding carboxylic acids is 2. The van der Waals surface area contributed by atoms with Crippen LogP contribution in [0.15, 0.2) is 18.2 Å². The summed E-state index contributed by atoms with van der Waals surface area (Å²) in [6.07, 6.45) is 3.89. The first kappa shape index (κ1) is 19.4. The van der Waals surface area contributed by atoms with Crippen LogP contribution in [0.1, 0.15) is 63.0 Å². The van der Waals surface area contributed by atoms with Gasteiger partial charge in [0.15, 0.2) is 5.78 Å². The third-order valence-corrected chi connectivity index (χ3v) is 5.09. The number of benzene rings is 1. The van der Waals surface area contributed by atoms with Gasteiger partial charge in [-0.3, -0.25) is 14.3 Å². The smallest absolute Gasteiger partial charge is 0.244 e. The molecule has 1 aromatic heterocycles. The van der Waals surface area contributed by atoms with Crippen LogP contribution in [0.3, 0.4) is 0 Å². The van der Waals surface area contributed by atoms with Crippen molar-refractivity contribution in [3.05, 3.63) is 23.9 Å². The Labute approximate surface area is 160 Å². The molecule has 1 aliphatic carbocycles. The van der Waals surface area contributed by atoms with Crippen molar-refractivity contribution in [1.29, 1.82) is 0 Å². The normalized spacial score (nSPS) is 15.1. The van der Waals surface area contributed by atoms with Gasteiger partial charge in [-0.15, -0.1) is 0 Å². The van der Waals surface area contributed by atoms with Crippen LogP contribution in [-0.4, -0.2) is 35.1 Å². The minimum atomic E-state index is -0.433. The predicted molar refractivity (Wildman–Crippen MR) is 105 cm³/mol. The summed E-state index contributed by atoms with van der Waals surface area (Å²) >= 11 is 0.